The third-order valence-corrected chi connectivity index (χ3v) is 4.71. The molecule has 3 rings (SSSR count). The van der Waals surface area contributed by atoms with E-state index < -0.39 is 0 Å². The van der Waals surface area contributed by atoms with Crippen LogP contribution in [0.25, 0.3) is 0 Å². The summed E-state index contributed by atoms with van der Waals surface area (Å²) in [6, 6.07) is 0. The first kappa shape index (κ1) is 14.5. The number of hydrogen-bond acceptors (Lipinski definition) is 4. The summed E-state index contributed by atoms with van der Waals surface area (Å²) in [5, 5.41) is 2.99. The van der Waals surface area contributed by atoms with Gasteiger partial charge in [-0.1, -0.05) is 12.8 Å². The Bertz CT molecular complexity index is 448. The number of morpholine rings is 1. The van der Waals surface area contributed by atoms with Gasteiger partial charge in [0.15, 0.2) is 0 Å². The summed E-state index contributed by atoms with van der Waals surface area (Å²) in [6.45, 7) is 3.95. The smallest absolute Gasteiger partial charge is 0.222 e. The molecule has 116 valence electrons. The van der Waals surface area contributed by atoms with Gasteiger partial charge < -0.3 is 15.0 Å². The second-order valence-electron chi connectivity index (χ2n) is 6.02. The zero-order valence-corrected chi connectivity index (χ0v) is 12.4. The number of H-pyrrole nitrogens is 1. The fourth-order valence-corrected chi connectivity index (χ4v) is 3.61. The van der Waals surface area contributed by atoms with E-state index in [-0.39, 0.29) is 11.4 Å². The van der Waals surface area contributed by atoms with Crippen LogP contribution in [0.3, 0.4) is 0 Å². The Morgan fingerprint density at radius 2 is 2.14 bits per heavy atom. The first-order chi connectivity index (χ1) is 10.3. The Morgan fingerprint density at radius 1 is 1.38 bits per heavy atom. The molecule has 1 aliphatic heterocycles. The van der Waals surface area contributed by atoms with Gasteiger partial charge in [0, 0.05) is 37.4 Å². The lowest BCUT2D eigenvalue weighted by Gasteiger charge is -2.43. The highest BCUT2D eigenvalue weighted by Gasteiger charge is 2.41. The molecular weight excluding hydrogens is 268 g/mol. The molecule has 0 spiro atoms. The van der Waals surface area contributed by atoms with Gasteiger partial charge in [0.25, 0.3) is 0 Å². The van der Waals surface area contributed by atoms with Gasteiger partial charge >= 0.3 is 0 Å². The molecule has 1 saturated carbocycles. The predicted molar refractivity (Wildman–Crippen MR) is 78.6 cm³/mol. The van der Waals surface area contributed by atoms with E-state index in [1.165, 1.54) is 12.8 Å². The lowest BCUT2D eigenvalue weighted by Crippen LogP contribution is -2.53. The van der Waals surface area contributed by atoms with Gasteiger partial charge in [0.2, 0.25) is 5.91 Å². The molecule has 1 aliphatic carbocycles. The van der Waals surface area contributed by atoms with Crippen molar-refractivity contribution in [2.75, 3.05) is 26.3 Å². The van der Waals surface area contributed by atoms with Crippen molar-refractivity contribution in [1.82, 2.24) is 20.2 Å². The number of aromatic amines is 1. The summed E-state index contributed by atoms with van der Waals surface area (Å²) in [7, 11) is 0. The third-order valence-electron chi connectivity index (χ3n) is 4.71. The van der Waals surface area contributed by atoms with E-state index in [4.69, 9.17) is 4.74 Å². The molecule has 0 aromatic carbocycles. The van der Waals surface area contributed by atoms with Crippen LogP contribution in [0.5, 0.6) is 0 Å². The van der Waals surface area contributed by atoms with Crippen LogP contribution in [-0.4, -0.2) is 52.6 Å². The molecule has 0 radical (unpaired) electrons. The van der Waals surface area contributed by atoms with Crippen LogP contribution in [0, 0.1) is 0 Å². The lowest BCUT2D eigenvalue weighted by molar-refractivity contribution is -0.125. The van der Waals surface area contributed by atoms with Gasteiger partial charge in [-0.2, -0.15) is 0 Å². The summed E-state index contributed by atoms with van der Waals surface area (Å²) in [5.74, 6) is 0.926. The molecule has 1 aromatic rings. The third kappa shape index (κ3) is 3.44. The number of carbonyl (C=O) groups is 1. The van der Waals surface area contributed by atoms with Gasteiger partial charge in [-0.25, -0.2) is 4.98 Å². The van der Waals surface area contributed by atoms with Crippen LogP contribution < -0.4 is 5.32 Å². The van der Waals surface area contributed by atoms with Crippen LogP contribution in [-0.2, 0) is 16.1 Å². The molecule has 2 fully saturated rings. The zero-order chi connectivity index (χ0) is 14.5. The fraction of sp³-hybridized carbons (Fsp3) is 0.733. The van der Waals surface area contributed by atoms with Crippen molar-refractivity contribution in [1.29, 1.82) is 0 Å². The van der Waals surface area contributed by atoms with E-state index >= 15 is 0 Å². The van der Waals surface area contributed by atoms with Crippen molar-refractivity contribution < 1.29 is 9.53 Å². The number of hydrogen-bond donors (Lipinski definition) is 2. The Morgan fingerprint density at radius 3 is 2.81 bits per heavy atom. The highest BCUT2D eigenvalue weighted by Crippen LogP contribution is 2.38. The van der Waals surface area contributed by atoms with Crippen molar-refractivity contribution in [2.24, 2.45) is 0 Å². The summed E-state index contributed by atoms with van der Waals surface area (Å²) >= 11 is 0. The maximum Gasteiger partial charge on any atom is 0.222 e. The Hall–Kier alpha value is -1.40. The quantitative estimate of drug-likeness (QED) is 0.851. The number of imidazole rings is 1. The van der Waals surface area contributed by atoms with E-state index in [1.807, 2.05) is 0 Å². The second kappa shape index (κ2) is 6.58. The fourth-order valence-electron chi connectivity index (χ4n) is 3.61. The summed E-state index contributed by atoms with van der Waals surface area (Å²) < 4.78 is 5.45. The Kier molecular flexibility index (Phi) is 4.55. The molecular formula is C15H24N4O2. The van der Waals surface area contributed by atoms with Gasteiger partial charge in [-0.05, 0) is 12.8 Å². The monoisotopic (exact) mass is 292 g/mol. The molecule has 2 N–H and O–H groups in total. The summed E-state index contributed by atoms with van der Waals surface area (Å²) in [5.41, 5.74) is 0.0526. The molecule has 0 bridgehead atoms. The van der Waals surface area contributed by atoms with E-state index in [1.54, 1.807) is 12.4 Å². The lowest BCUT2D eigenvalue weighted by atomic mass is 9.90. The number of nitrogens with zero attached hydrogens (tertiary/aromatic N) is 2. The molecule has 1 aromatic heterocycles. The largest absolute Gasteiger partial charge is 0.379 e. The van der Waals surface area contributed by atoms with Gasteiger partial charge in [-0.3, -0.25) is 9.69 Å². The minimum Gasteiger partial charge on any atom is -0.379 e. The molecule has 21 heavy (non-hydrogen) atoms. The van der Waals surface area contributed by atoms with Crippen LogP contribution in [0.1, 0.15) is 37.9 Å². The van der Waals surface area contributed by atoms with Crippen LogP contribution >= 0.6 is 0 Å². The van der Waals surface area contributed by atoms with E-state index in [2.05, 4.69) is 20.2 Å². The number of carbonyl (C=O) groups excluding carboxylic acids is 1. The molecule has 0 atom stereocenters. The Labute approximate surface area is 125 Å². The molecule has 2 heterocycles. The standard InChI is InChI=1S/C15H24N4O2/c20-14(18-12-13-16-5-6-17-13)11-15(3-1-2-4-15)19-7-9-21-10-8-19/h5-6H,1-4,7-12H2,(H,16,17)(H,18,20). The molecule has 1 amide bonds. The number of nitrogens with one attached hydrogen (secondary N) is 2. The van der Waals surface area contributed by atoms with Crippen LogP contribution in [0.4, 0.5) is 0 Å². The zero-order valence-electron chi connectivity index (χ0n) is 12.4. The average molecular weight is 292 g/mol. The molecule has 6 heteroatoms. The topological polar surface area (TPSA) is 70.2 Å². The number of rotatable bonds is 5. The maximum absolute atomic E-state index is 12.3. The van der Waals surface area contributed by atoms with Crippen molar-refractivity contribution in [2.45, 2.75) is 44.2 Å². The minimum absolute atomic E-state index is 0.0526. The first-order valence-corrected chi connectivity index (χ1v) is 7.86. The van der Waals surface area contributed by atoms with Crippen LogP contribution in [0.15, 0.2) is 12.4 Å². The van der Waals surface area contributed by atoms with Crippen molar-refractivity contribution >= 4 is 5.91 Å². The number of amides is 1. The van der Waals surface area contributed by atoms with Crippen molar-refractivity contribution in [3.05, 3.63) is 18.2 Å². The molecule has 1 saturated heterocycles. The Balaban J connectivity index is 1.57. The van der Waals surface area contributed by atoms with Crippen molar-refractivity contribution in [3.63, 3.8) is 0 Å². The predicted octanol–water partition coefficient (Wildman–Crippen LogP) is 1.06. The van der Waals surface area contributed by atoms with Gasteiger partial charge in [-0.15, -0.1) is 0 Å². The summed E-state index contributed by atoms with van der Waals surface area (Å²) in [6.07, 6.45) is 8.77. The summed E-state index contributed by atoms with van der Waals surface area (Å²) in [4.78, 5) is 21.9. The molecule has 0 unspecified atom stereocenters. The van der Waals surface area contributed by atoms with Crippen molar-refractivity contribution in [3.8, 4) is 0 Å². The van der Waals surface area contributed by atoms with Crippen LogP contribution in [0.2, 0.25) is 0 Å². The highest BCUT2D eigenvalue weighted by atomic mass is 16.5. The molecule has 2 aliphatic rings. The normalized spacial score (nSPS) is 22.3. The van der Waals surface area contributed by atoms with Gasteiger partial charge in [0.1, 0.15) is 5.82 Å². The first-order valence-electron chi connectivity index (χ1n) is 7.86. The van der Waals surface area contributed by atoms with Gasteiger partial charge in [0.05, 0.1) is 19.8 Å². The average Bonchev–Trinajstić information content (AvgIpc) is 3.18. The van der Waals surface area contributed by atoms with E-state index in [9.17, 15) is 4.79 Å². The maximum atomic E-state index is 12.3. The second-order valence-corrected chi connectivity index (χ2v) is 6.02. The SMILES string of the molecule is O=C(CC1(N2CCOCC2)CCCC1)NCc1ncc[nH]1. The van der Waals surface area contributed by atoms with E-state index in [0.717, 1.165) is 45.0 Å². The highest BCUT2D eigenvalue weighted by molar-refractivity contribution is 5.77. The molecule has 6 nitrogen and oxygen atoms in total. The van der Waals surface area contributed by atoms with E-state index in [0.29, 0.717) is 13.0 Å². The number of aromatic nitrogens is 2. The minimum atomic E-state index is 0.0526. The number of ether oxygens (including phenoxy) is 1.